The fourth-order valence-electron chi connectivity index (χ4n) is 6.39. The summed E-state index contributed by atoms with van der Waals surface area (Å²) in [7, 11) is 3.51. The Labute approximate surface area is 159 Å². The van der Waals surface area contributed by atoms with Crippen molar-refractivity contribution >= 4 is 16.9 Å². The van der Waals surface area contributed by atoms with E-state index < -0.39 is 0 Å². The average molecular weight is 371 g/mol. The molecular formula is C20H29N5O2. The molecule has 4 aliphatic carbocycles. The van der Waals surface area contributed by atoms with Gasteiger partial charge in [-0.25, -0.2) is 9.97 Å². The van der Waals surface area contributed by atoms with Crippen LogP contribution in [0.4, 0.5) is 5.82 Å². The van der Waals surface area contributed by atoms with Gasteiger partial charge in [0.25, 0.3) is 0 Å². The molecule has 7 heteroatoms. The van der Waals surface area contributed by atoms with Crippen LogP contribution in [0, 0.1) is 23.2 Å². The summed E-state index contributed by atoms with van der Waals surface area (Å²) in [4.78, 5) is 9.14. The van der Waals surface area contributed by atoms with E-state index in [9.17, 15) is 5.11 Å². The Kier molecular flexibility index (Phi) is 4.13. The minimum Gasteiger partial charge on any atom is -0.391 e. The van der Waals surface area contributed by atoms with Crippen LogP contribution in [0.5, 0.6) is 0 Å². The molecule has 0 radical (unpaired) electrons. The number of nitrogens with zero attached hydrogens (tertiary/aromatic N) is 4. The molecule has 0 saturated heterocycles. The Hall–Kier alpha value is -1.73. The Balaban J connectivity index is 1.37. The van der Waals surface area contributed by atoms with E-state index in [2.05, 4.69) is 20.4 Å². The molecule has 0 aliphatic heterocycles. The molecule has 4 fully saturated rings. The highest BCUT2D eigenvalue weighted by Gasteiger charge is 2.53. The van der Waals surface area contributed by atoms with Gasteiger partial charge in [-0.3, -0.25) is 4.68 Å². The second kappa shape index (κ2) is 6.41. The average Bonchev–Trinajstić information content (AvgIpc) is 3.00. The summed E-state index contributed by atoms with van der Waals surface area (Å²) >= 11 is 0. The zero-order chi connectivity index (χ0) is 18.6. The lowest BCUT2D eigenvalue weighted by Gasteiger charge is -2.58. The van der Waals surface area contributed by atoms with Crippen molar-refractivity contribution in [2.24, 2.45) is 30.2 Å². The van der Waals surface area contributed by atoms with Gasteiger partial charge in [0.1, 0.15) is 12.4 Å². The standard InChI is InChI=1S/C20H29N5O2/c1-25-19-15(9-22-25)18(23-17(24-19)11-27-2)21-10-16(26)20-6-12-3-13(7-20)5-14(4-12)8-20/h9,12-14,16,26H,3-8,10-11H2,1-2H3,(H,21,23,24). The number of anilines is 1. The molecule has 1 unspecified atom stereocenters. The van der Waals surface area contributed by atoms with Gasteiger partial charge in [-0.2, -0.15) is 5.10 Å². The van der Waals surface area contributed by atoms with Crippen LogP contribution in [-0.2, 0) is 18.4 Å². The minimum atomic E-state index is -0.335. The molecule has 2 N–H and O–H groups in total. The number of aliphatic hydroxyl groups is 1. The molecule has 7 nitrogen and oxygen atoms in total. The number of fused-ring (bicyclic) bond motifs is 1. The Morgan fingerprint density at radius 3 is 2.52 bits per heavy atom. The van der Waals surface area contributed by atoms with E-state index in [0.29, 0.717) is 19.0 Å². The van der Waals surface area contributed by atoms with Crippen molar-refractivity contribution in [1.82, 2.24) is 19.7 Å². The molecule has 27 heavy (non-hydrogen) atoms. The highest BCUT2D eigenvalue weighted by molar-refractivity contribution is 5.86. The van der Waals surface area contributed by atoms with Crippen LogP contribution in [0.2, 0.25) is 0 Å². The largest absolute Gasteiger partial charge is 0.391 e. The van der Waals surface area contributed by atoms with Gasteiger partial charge >= 0.3 is 0 Å². The molecule has 4 saturated carbocycles. The molecule has 1 atom stereocenters. The Morgan fingerprint density at radius 2 is 1.89 bits per heavy atom. The van der Waals surface area contributed by atoms with Crippen LogP contribution in [0.25, 0.3) is 11.0 Å². The lowest BCUT2D eigenvalue weighted by atomic mass is 9.48. The molecule has 146 valence electrons. The van der Waals surface area contributed by atoms with Crippen molar-refractivity contribution < 1.29 is 9.84 Å². The number of aliphatic hydroxyl groups excluding tert-OH is 1. The number of nitrogens with one attached hydrogen (secondary N) is 1. The van der Waals surface area contributed by atoms with Crippen molar-refractivity contribution in [1.29, 1.82) is 0 Å². The van der Waals surface area contributed by atoms with E-state index >= 15 is 0 Å². The van der Waals surface area contributed by atoms with Crippen LogP contribution < -0.4 is 5.32 Å². The fraction of sp³-hybridized carbons (Fsp3) is 0.750. The third-order valence-electron chi connectivity index (χ3n) is 7.17. The molecule has 2 aromatic heterocycles. The van der Waals surface area contributed by atoms with Crippen molar-refractivity contribution in [3.8, 4) is 0 Å². The van der Waals surface area contributed by atoms with Gasteiger partial charge in [0.15, 0.2) is 11.5 Å². The summed E-state index contributed by atoms with van der Waals surface area (Å²) < 4.78 is 6.95. The maximum absolute atomic E-state index is 11.2. The van der Waals surface area contributed by atoms with Crippen LogP contribution >= 0.6 is 0 Å². The second-order valence-electron chi connectivity index (χ2n) is 9.10. The molecule has 6 rings (SSSR count). The number of aromatic nitrogens is 4. The summed E-state index contributed by atoms with van der Waals surface area (Å²) in [5, 5.41) is 19.8. The van der Waals surface area contributed by atoms with Gasteiger partial charge in [-0.05, 0) is 61.7 Å². The topological polar surface area (TPSA) is 85.1 Å². The number of ether oxygens (including phenoxy) is 1. The van der Waals surface area contributed by atoms with E-state index in [1.807, 2.05) is 7.05 Å². The number of hydrogen-bond acceptors (Lipinski definition) is 6. The number of rotatable bonds is 6. The van der Waals surface area contributed by atoms with Crippen molar-refractivity contribution in [2.45, 2.75) is 51.2 Å². The Bertz CT molecular complexity index is 813. The number of hydrogen-bond donors (Lipinski definition) is 2. The van der Waals surface area contributed by atoms with Gasteiger partial charge in [0.2, 0.25) is 0 Å². The number of aryl methyl sites for hydroxylation is 1. The predicted octanol–water partition coefficient (Wildman–Crippen LogP) is 2.50. The summed E-state index contributed by atoms with van der Waals surface area (Å²) in [6.07, 6.45) is 9.21. The van der Waals surface area contributed by atoms with E-state index in [1.165, 1.54) is 38.5 Å². The second-order valence-corrected chi connectivity index (χ2v) is 9.10. The van der Waals surface area contributed by atoms with Crippen molar-refractivity contribution in [3.63, 3.8) is 0 Å². The molecule has 0 amide bonds. The van der Waals surface area contributed by atoms with Crippen molar-refractivity contribution in [2.75, 3.05) is 19.0 Å². The van der Waals surface area contributed by atoms with Crippen LogP contribution in [-0.4, -0.2) is 44.6 Å². The van der Waals surface area contributed by atoms with E-state index in [-0.39, 0.29) is 11.5 Å². The lowest BCUT2D eigenvalue weighted by Crippen LogP contribution is -2.53. The third-order valence-corrected chi connectivity index (χ3v) is 7.17. The SMILES string of the molecule is COCc1nc(NCC(O)C23CC4CC(CC(C4)C2)C3)c2cnn(C)c2n1. The molecule has 4 aliphatic rings. The van der Waals surface area contributed by atoms with Gasteiger partial charge in [-0.15, -0.1) is 0 Å². The van der Waals surface area contributed by atoms with Crippen LogP contribution in [0.15, 0.2) is 6.20 Å². The first-order chi connectivity index (χ1) is 13.1. The van der Waals surface area contributed by atoms with E-state index in [4.69, 9.17) is 4.74 Å². The van der Waals surface area contributed by atoms with Crippen LogP contribution in [0.3, 0.4) is 0 Å². The highest BCUT2D eigenvalue weighted by Crippen LogP contribution is 2.61. The summed E-state index contributed by atoms with van der Waals surface area (Å²) in [6.45, 7) is 0.882. The zero-order valence-corrected chi connectivity index (χ0v) is 16.2. The zero-order valence-electron chi connectivity index (χ0n) is 16.2. The van der Waals surface area contributed by atoms with Gasteiger partial charge in [-0.1, -0.05) is 0 Å². The summed E-state index contributed by atoms with van der Waals surface area (Å²) in [5.74, 6) is 3.87. The van der Waals surface area contributed by atoms with E-state index in [0.717, 1.165) is 34.6 Å². The fourth-order valence-corrected chi connectivity index (χ4v) is 6.39. The normalized spacial score (nSPS) is 32.9. The lowest BCUT2D eigenvalue weighted by molar-refractivity contribution is -0.115. The van der Waals surface area contributed by atoms with Gasteiger partial charge in [0.05, 0.1) is 17.7 Å². The number of methoxy groups -OCH3 is 1. The quantitative estimate of drug-likeness (QED) is 0.812. The monoisotopic (exact) mass is 371 g/mol. The highest BCUT2D eigenvalue weighted by atomic mass is 16.5. The third kappa shape index (κ3) is 2.91. The van der Waals surface area contributed by atoms with Crippen molar-refractivity contribution in [3.05, 3.63) is 12.0 Å². The maximum Gasteiger partial charge on any atom is 0.163 e. The Morgan fingerprint density at radius 1 is 1.22 bits per heavy atom. The minimum absolute atomic E-state index is 0.109. The molecule has 0 spiro atoms. The summed E-state index contributed by atoms with van der Waals surface area (Å²) in [5.41, 5.74) is 0.891. The van der Waals surface area contributed by atoms with E-state index in [1.54, 1.807) is 18.0 Å². The molecule has 0 aromatic carbocycles. The first kappa shape index (κ1) is 17.4. The van der Waals surface area contributed by atoms with Gasteiger partial charge < -0.3 is 15.2 Å². The van der Waals surface area contributed by atoms with Crippen LogP contribution in [0.1, 0.15) is 44.3 Å². The molecule has 4 bridgehead atoms. The maximum atomic E-state index is 11.2. The first-order valence-corrected chi connectivity index (χ1v) is 10.2. The predicted molar refractivity (Wildman–Crippen MR) is 102 cm³/mol. The smallest absolute Gasteiger partial charge is 0.163 e. The molecule has 2 aromatic rings. The molecular weight excluding hydrogens is 342 g/mol. The first-order valence-electron chi connectivity index (χ1n) is 10.2. The summed E-state index contributed by atoms with van der Waals surface area (Å²) in [6, 6.07) is 0. The van der Waals surface area contributed by atoms with Gasteiger partial charge in [0, 0.05) is 20.7 Å². The molecule has 2 heterocycles.